The fourth-order valence-electron chi connectivity index (χ4n) is 2.15. The minimum absolute atomic E-state index is 0.211. The average molecular weight is 289 g/mol. The predicted molar refractivity (Wildman–Crippen MR) is 77.0 cm³/mol. The van der Waals surface area contributed by atoms with Gasteiger partial charge < -0.3 is 15.4 Å². The first-order chi connectivity index (χ1) is 10.3. The predicted octanol–water partition coefficient (Wildman–Crippen LogP) is 2.35. The molecule has 7 heteroatoms. The fourth-order valence-corrected chi connectivity index (χ4v) is 2.15. The maximum Gasteiger partial charge on any atom is 0.249 e. The quantitative estimate of drug-likeness (QED) is 0.880. The van der Waals surface area contributed by atoms with Gasteiger partial charge in [0.1, 0.15) is 5.82 Å². The Kier molecular flexibility index (Phi) is 4.20. The summed E-state index contributed by atoms with van der Waals surface area (Å²) in [5.41, 5.74) is 0.315. The van der Waals surface area contributed by atoms with Gasteiger partial charge in [0.25, 0.3) is 0 Å². The molecule has 0 radical (unpaired) electrons. The molecular formula is C14H16FN5O. The number of hydrogen-bond acceptors (Lipinski definition) is 6. The second-order valence-electron chi connectivity index (χ2n) is 4.79. The second kappa shape index (κ2) is 6.45. The molecule has 0 saturated carbocycles. The number of aromatic nitrogens is 3. The van der Waals surface area contributed by atoms with Crippen LogP contribution >= 0.6 is 0 Å². The Morgan fingerprint density at radius 1 is 1.33 bits per heavy atom. The van der Waals surface area contributed by atoms with E-state index in [1.165, 1.54) is 12.3 Å². The lowest BCUT2D eigenvalue weighted by Gasteiger charge is -2.11. The fraction of sp³-hybridized carbons (Fsp3) is 0.357. The molecule has 1 aliphatic heterocycles. The third-order valence-electron chi connectivity index (χ3n) is 3.21. The molecule has 0 aliphatic carbocycles. The van der Waals surface area contributed by atoms with Crippen LogP contribution in [0.5, 0.6) is 0 Å². The first-order valence-electron chi connectivity index (χ1n) is 6.88. The van der Waals surface area contributed by atoms with Crippen LogP contribution in [0, 0.1) is 5.82 Å². The van der Waals surface area contributed by atoms with Crippen LogP contribution in [-0.4, -0.2) is 34.4 Å². The Balaban J connectivity index is 1.64. The van der Waals surface area contributed by atoms with Gasteiger partial charge in [-0.05, 0) is 25.0 Å². The molecule has 0 amide bonds. The van der Waals surface area contributed by atoms with Gasteiger partial charge in [-0.3, -0.25) is 0 Å². The van der Waals surface area contributed by atoms with Crippen molar-refractivity contribution in [3.05, 3.63) is 36.3 Å². The van der Waals surface area contributed by atoms with Crippen molar-refractivity contribution < 1.29 is 9.13 Å². The van der Waals surface area contributed by atoms with E-state index in [-0.39, 0.29) is 17.9 Å². The third-order valence-corrected chi connectivity index (χ3v) is 3.21. The standard InChI is InChI=1S/C14H16FN5O/c15-11-5-1-2-6-12(11)18-14-19-13(9-17-20-14)16-8-10-4-3-7-21-10/h1-2,5-6,9-10H,3-4,7-8H2,(H2,16,18,19,20). The Bertz CT molecular complexity index is 603. The second-order valence-corrected chi connectivity index (χ2v) is 4.79. The SMILES string of the molecule is Fc1ccccc1Nc1nncc(NCC2CCCO2)n1. The molecule has 21 heavy (non-hydrogen) atoms. The molecule has 2 heterocycles. The monoisotopic (exact) mass is 289 g/mol. The largest absolute Gasteiger partial charge is 0.376 e. The van der Waals surface area contributed by atoms with E-state index in [1.54, 1.807) is 18.2 Å². The molecule has 1 unspecified atom stereocenters. The summed E-state index contributed by atoms with van der Waals surface area (Å²) in [5, 5.41) is 13.7. The van der Waals surface area contributed by atoms with Crippen molar-refractivity contribution in [2.45, 2.75) is 18.9 Å². The molecule has 1 fully saturated rings. The summed E-state index contributed by atoms with van der Waals surface area (Å²) in [5.74, 6) is 0.468. The lowest BCUT2D eigenvalue weighted by Crippen LogP contribution is -2.19. The van der Waals surface area contributed by atoms with E-state index >= 15 is 0 Å². The maximum atomic E-state index is 13.6. The molecule has 2 N–H and O–H groups in total. The molecule has 1 saturated heterocycles. The van der Waals surface area contributed by atoms with Gasteiger partial charge in [-0.2, -0.15) is 10.1 Å². The normalized spacial score (nSPS) is 17.7. The molecule has 3 rings (SSSR count). The van der Waals surface area contributed by atoms with Gasteiger partial charge in [-0.15, -0.1) is 5.10 Å². The van der Waals surface area contributed by atoms with Crippen LogP contribution < -0.4 is 10.6 Å². The molecule has 2 aromatic rings. The number of para-hydroxylation sites is 1. The number of benzene rings is 1. The van der Waals surface area contributed by atoms with E-state index < -0.39 is 0 Å². The summed E-state index contributed by atoms with van der Waals surface area (Å²) >= 11 is 0. The molecule has 1 aliphatic rings. The third kappa shape index (κ3) is 3.63. The summed E-state index contributed by atoms with van der Waals surface area (Å²) < 4.78 is 19.1. The Labute approximate surface area is 121 Å². The number of halogens is 1. The Hall–Kier alpha value is -2.28. The smallest absolute Gasteiger partial charge is 0.249 e. The number of anilines is 3. The lowest BCUT2D eigenvalue weighted by molar-refractivity contribution is 0.120. The minimum Gasteiger partial charge on any atom is -0.376 e. The van der Waals surface area contributed by atoms with Gasteiger partial charge in [-0.1, -0.05) is 12.1 Å². The number of rotatable bonds is 5. The minimum atomic E-state index is -0.362. The molecule has 6 nitrogen and oxygen atoms in total. The molecule has 110 valence electrons. The van der Waals surface area contributed by atoms with E-state index in [4.69, 9.17) is 4.74 Å². The topological polar surface area (TPSA) is 72.0 Å². The van der Waals surface area contributed by atoms with E-state index in [9.17, 15) is 4.39 Å². The van der Waals surface area contributed by atoms with Crippen LogP contribution in [0.25, 0.3) is 0 Å². The van der Waals surface area contributed by atoms with Crippen molar-refractivity contribution in [3.8, 4) is 0 Å². The zero-order valence-electron chi connectivity index (χ0n) is 11.4. The van der Waals surface area contributed by atoms with E-state index in [0.717, 1.165) is 19.4 Å². The first kappa shape index (κ1) is 13.7. The van der Waals surface area contributed by atoms with E-state index in [1.807, 2.05) is 0 Å². The van der Waals surface area contributed by atoms with Crippen molar-refractivity contribution in [2.24, 2.45) is 0 Å². The summed E-state index contributed by atoms with van der Waals surface area (Å²) in [6.07, 6.45) is 3.88. The lowest BCUT2D eigenvalue weighted by atomic mass is 10.2. The van der Waals surface area contributed by atoms with Crippen molar-refractivity contribution in [1.82, 2.24) is 15.2 Å². The highest BCUT2D eigenvalue weighted by atomic mass is 19.1. The number of ether oxygens (including phenoxy) is 1. The highest BCUT2D eigenvalue weighted by Crippen LogP contribution is 2.17. The van der Waals surface area contributed by atoms with Crippen molar-refractivity contribution >= 4 is 17.5 Å². The molecule has 0 bridgehead atoms. The zero-order valence-corrected chi connectivity index (χ0v) is 11.4. The molecule has 1 aromatic carbocycles. The van der Waals surface area contributed by atoms with E-state index in [2.05, 4.69) is 25.8 Å². The van der Waals surface area contributed by atoms with Crippen LogP contribution in [0.3, 0.4) is 0 Å². The Morgan fingerprint density at radius 3 is 3.05 bits per heavy atom. The highest BCUT2D eigenvalue weighted by Gasteiger charge is 2.15. The summed E-state index contributed by atoms with van der Waals surface area (Å²) in [6, 6.07) is 6.35. The summed E-state index contributed by atoms with van der Waals surface area (Å²) in [4.78, 5) is 4.25. The van der Waals surface area contributed by atoms with Gasteiger partial charge in [-0.25, -0.2) is 4.39 Å². The summed E-state index contributed by atoms with van der Waals surface area (Å²) in [6.45, 7) is 1.49. The number of nitrogens with zero attached hydrogens (tertiary/aromatic N) is 3. The summed E-state index contributed by atoms with van der Waals surface area (Å²) in [7, 11) is 0. The molecular weight excluding hydrogens is 273 g/mol. The first-order valence-corrected chi connectivity index (χ1v) is 6.88. The average Bonchev–Trinajstić information content (AvgIpc) is 3.01. The van der Waals surface area contributed by atoms with Crippen molar-refractivity contribution in [3.63, 3.8) is 0 Å². The van der Waals surface area contributed by atoms with Gasteiger partial charge in [0.15, 0.2) is 5.82 Å². The molecule has 1 aromatic heterocycles. The van der Waals surface area contributed by atoms with Gasteiger partial charge in [0.05, 0.1) is 18.0 Å². The number of hydrogen-bond donors (Lipinski definition) is 2. The van der Waals surface area contributed by atoms with Crippen LogP contribution in [-0.2, 0) is 4.74 Å². The van der Waals surface area contributed by atoms with Crippen LogP contribution in [0.2, 0.25) is 0 Å². The van der Waals surface area contributed by atoms with Gasteiger partial charge in [0, 0.05) is 13.2 Å². The van der Waals surface area contributed by atoms with Crippen molar-refractivity contribution in [1.29, 1.82) is 0 Å². The van der Waals surface area contributed by atoms with Crippen molar-refractivity contribution in [2.75, 3.05) is 23.8 Å². The molecule has 1 atom stereocenters. The van der Waals surface area contributed by atoms with Gasteiger partial charge >= 0.3 is 0 Å². The van der Waals surface area contributed by atoms with Crippen LogP contribution in [0.15, 0.2) is 30.5 Å². The Morgan fingerprint density at radius 2 is 2.24 bits per heavy atom. The maximum absolute atomic E-state index is 13.6. The zero-order chi connectivity index (χ0) is 14.5. The highest BCUT2D eigenvalue weighted by molar-refractivity contribution is 5.54. The number of nitrogens with one attached hydrogen (secondary N) is 2. The van der Waals surface area contributed by atoms with E-state index in [0.29, 0.717) is 18.1 Å². The van der Waals surface area contributed by atoms with Gasteiger partial charge in [0.2, 0.25) is 5.95 Å². The molecule has 0 spiro atoms. The van der Waals surface area contributed by atoms with Crippen LogP contribution in [0.4, 0.5) is 21.8 Å². The van der Waals surface area contributed by atoms with Crippen LogP contribution in [0.1, 0.15) is 12.8 Å².